The normalized spacial score (nSPS) is 22.9. The Kier molecular flexibility index (Phi) is 5.54. The molecule has 1 aliphatic rings. The zero-order chi connectivity index (χ0) is 14.5. The van der Waals surface area contributed by atoms with Gasteiger partial charge in [0.2, 0.25) is 0 Å². The molecular formula is C15H19BrFNO2. The number of carbonyl (C=O) groups is 1. The average Bonchev–Trinajstić information content (AvgIpc) is 2.88. The largest absolute Gasteiger partial charge is 0.468 e. The molecule has 2 atom stereocenters. The van der Waals surface area contributed by atoms with Crippen molar-refractivity contribution in [2.45, 2.75) is 31.3 Å². The smallest absolute Gasteiger partial charge is 0.323 e. The highest BCUT2D eigenvalue weighted by Crippen LogP contribution is 2.36. The van der Waals surface area contributed by atoms with E-state index >= 15 is 0 Å². The maximum absolute atomic E-state index is 13.0. The van der Waals surface area contributed by atoms with Gasteiger partial charge < -0.3 is 4.74 Å². The Morgan fingerprint density at radius 3 is 2.70 bits per heavy atom. The fraction of sp³-hybridized carbons (Fsp3) is 0.533. The summed E-state index contributed by atoms with van der Waals surface area (Å²) >= 11 is 3.42. The summed E-state index contributed by atoms with van der Waals surface area (Å²) < 4.78 is 17.9. The molecule has 1 fully saturated rings. The first-order valence-electron chi connectivity index (χ1n) is 6.82. The third kappa shape index (κ3) is 3.38. The third-order valence-electron chi connectivity index (χ3n) is 3.79. The van der Waals surface area contributed by atoms with Crippen molar-refractivity contribution in [3.05, 3.63) is 35.6 Å². The van der Waals surface area contributed by atoms with Crippen molar-refractivity contribution in [2.75, 3.05) is 19.0 Å². The lowest BCUT2D eigenvalue weighted by Crippen LogP contribution is -2.39. The van der Waals surface area contributed by atoms with Gasteiger partial charge in [-0.3, -0.25) is 9.69 Å². The van der Waals surface area contributed by atoms with E-state index in [-0.39, 0.29) is 23.9 Å². The lowest BCUT2D eigenvalue weighted by Gasteiger charge is -2.28. The first-order chi connectivity index (χ1) is 9.67. The highest BCUT2D eigenvalue weighted by atomic mass is 79.9. The van der Waals surface area contributed by atoms with Crippen molar-refractivity contribution in [3.8, 4) is 0 Å². The zero-order valence-electron chi connectivity index (χ0n) is 11.5. The minimum atomic E-state index is -0.233. The number of alkyl halides is 1. The van der Waals surface area contributed by atoms with Crippen molar-refractivity contribution in [1.29, 1.82) is 0 Å². The van der Waals surface area contributed by atoms with Crippen LogP contribution in [0.25, 0.3) is 0 Å². The van der Waals surface area contributed by atoms with Gasteiger partial charge >= 0.3 is 5.97 Å². The fourth-order valence-electron chi connectivity index (χ4n) is 2.85. The van der Waals surface area contributed by atoms with Crippen LogP contribution in [0.4, 0.5) is 4.39 Å². The molecular weight excluding hydrogens is 325 g/mol. The number of nitrogens with zero attached hydrogens (tertiary/aromatic N) is 1. The first-order valence-corrected chi connectivity index (χ1v) is 7.94. The Labute approximate surface area is 127 Å². The fourth-order valence-corrected chi connectivity index (χ4v) is 3.10. The highest BCUT2D eigenvalue weighted by molar-refractivity contribution is 9.09. The second kappa shape index (κ2) is 7.18. The summed E-state index contributed by atoms with van der Waals surface area (Å²) in [4.78, 5) is 14.1. The molecule has 3 nitrogen and oxygen atoms in total. The molecule has 0 unspecified atom stereocenters. The molecule has 1 aromatic rings. The summed E-state index contributed by atoms with van der Waals surface area (Å²) in [6.45, 7) is 0.826. The van der Waals surface area contributed by atoms with Crippen LogP contribution in [0.15, 0.2) is 24.3 Å². The number of rotatable bonds is 5. The molecule has 1 aliphatic heterocycles. The maximum atomic E-state index is 13.0. The van der Waals surface area contributed by atoms with E-state index in [1.807, 2.05) is 0 Å². The molecule has 0 amide bonds. The number of hydrogen-bond acceptors (Lipinski definition) is 3. The number of likely N-dealkylation sites (tertiary alicyclic amines) is 1. The van der Waals surface area contributed by atoms with E-state index in [0.29, 0.717) is 0 Å². The van der Waals surface area contributed by atoms with Gasteiger partial charge in [-0.05, 0) is 37.0 Å². The number of halogens is 2. The predicted octanol–water partition coefficient (Wildman–Crippen LogP) is 3.29. The van der Waals surface area contributed by atoms with E-state index in [9.17, 15) is 9.18 Å². The Hall–Kier alpha value is -0.940. The zero-order valence-corrected chi connectivity index (χ0v) is 13.1. The summed E-state index contributed by atoms with van der Waals surface area (Å²) in [6, 6.07) is 6.54. The van der Waals surface area contributed by atoms with E-state index in [1.54, 1.807) is 12.1 Å². The van der Waals surface area contributed by atoms with Crippen LogP contribution in [0.1, 0.15) is 30.9 Å². The van der Waals surface area contributed by atoms with E-state index in [0.717, 1.165) is 36.7 Å². The van der Waals surface area contributed by atoms with Crippen molar-refractivity contribution in [1.82, 2.24) is 4.90 Å². The molecule has 20 heavy (non-hydrogen) atoms. The lowest BCUT2D eigenvalue weighted by molar-refractivity contribution is -0.146. The van der Waals surface area contributed by atoms with Crippen LogP contribution < -0.4 is 0 Å². The van der Waals surface area contributed by atoms with Crippen molar-refractivity contribution in [2.24, 2.45) is 0 Å². The van der Waals surface area contributed by atoms with Crippen LogP contribution in [0.2, 0.25) is 0 Å². The topological polar surface area (TPSA) is 29.5 Å². The molecule has 0 aromatic heterocycles. The molecule has 0 bridgehead atoms. The minimum absolute atomic E-state index is 0.166. The first kappa shape index (κ1) is 15.4. The van der Waals surface area contributed by atoms with Gasteiger partial charge in [-0.25, -0.2) is 4.39 Å². The van der Waals surface area contributed by atoms with Gasteiger partial charge in [0.15, 0.2) is 0 Å². The van der Waals surface area contributed by atoms with Gasteiger partial charge in [0.1, 0.15) is 11.9 Å². The van der Waals surface area contributed by atoms with Crippen molar-refractivity contribution >= 4 is 21.9 Å². The van der Waals surface area contributed by atoms with Gasteiger partial charge in [0.05, 0.1) is 7.11 Å². The number of esters is 1. The molecule has 1 saturated heterocycles. The molecule has 110 valence electrons. The molecule has 0 spiro atoms. The summed E-state index contributed by atoms with van der Waals surface area (Å²) in [6.07, 6.45) is 2.65. The number of carbonyl (C=O) groups excluding carboxylic acids is 1. The van der Waals surface area contributed by atoms with Crippen LogP contribution in [0.3, 0.4) is 0 Å². The van der Waals surface area contributed by atoms with E-state index < -0.39 is 0 Å². The molecule has 5 heteroatoms. The van der Waals surface area contributed by atoms with Crippen LogP contribution in [0, 0.1) is 5.82 Å². The van der Waals surface area contributed by atoms with Crippen LogP contribution in [0.5, 0.6) is 0 Å². The Morgan fingerprint density at radius 2 is 2.10 bits per heavy atom. The summed E-state index contributed by atoms with van der Waals surface area (Å²) in [5.74, 6) is -0.410. The second-order valence-electron chi connectivity index (χ2n) is 4.96. The molecule has 0 N–H and O–H groups in total. The van der Waals surface area contributed by atoms with Gasteiger partial charge in [0, 0.05) is 17.9 Å². The van der Waals surface area contributed by atoms with Gasteiger partial charge in [-0.1, -0.05) is 28.1 Å². The molecule has 0 radical (unpaired) electrons. The van der Waals surface area contributed by atoms with Crippen molar-refractivity contribution in [3.63, 3.8) is 0 Å². The van der Waals surface area contributed by atoms with Crippen molar-refractivity contribution < 1.29 is 13.9 Å². The van der Waals surface area contributed by atoms with Crippen LogP contribution >= 0.6 is 15.9 Å². The summed E-state index contributed by atoms with van der Waals surface area (Å²) in [5, 5.41) is 0.896. The van der Waals surface area contributed by atoms with E-state index in [4.69, 9.17) is 4.74 Å². The minimum Gasteiger partial charge on any atom is -0.468 e. The van der Waals surface area contributed by atoms with E-state index in [2.05, 4.69) is 20.8 Å². The maximum Gasteiger partial charge on any atom is 0.323 e. The van der Waals surface area contributed by atoms with Gasteiger partial charge in [-0.15, -0.1) is 0 Å². The summed E-state index contributed by atoms with van der Waals surface area (Å²) in [5.41, 5.74) is 1.06. The average molecular weight is 344 g/mol. The van der Waals surface area contributed by atoms with Crippen LogP contribution in [-0.2, 0) is 9.53 Å². The van der Waals surface area contributed by atoms with E-state index in [1.165, 1.54) is 19.2 Å². The highest BCUT2D eigenvalue weighted by Gasteiger charge is 2.38. The summed E-state index contributed by atoms with van der Waals surface area (Å²) in [7, 11) is 1.43. The number of ether oxygens (including phenoxy) is 1. The lowest BCUT2D eigenvalue weighted by atomic mass is 10.0. The van der Waals surface area contributed by atoms with Crippen LogP contribution in [-0.4, -0.2) is 35.9 Å². The monoisotopic (exact) mass is 343 g/mol. The molecule has 0 saturated carbocycles. The second-order valence-corrected chi connectivity index (χ2v) is 5.76. The Balaban J connectivity index is 2.18. The molecule has 1 aromatic carbocycles. The standard InChI is InChI=1S/C15H19BrFNO2/c1-20-15(19)14-8-7-13(18(14)10-2-9-16)11-3-5-12(17)6-4-11/h3-6,13-14H,2,7-10H2,1H3/t13-,14-/m0/s1. The third-order valence-corrected chi connectivity index (χ3v) is 4.35. The molecule has 2 rings (SSSR count). The number of benzene rings is 1. The molecule has 1 heterocycles. The predicted molar refractivity (Wildman–Crippen MR) is 79.3 cm³/mol. The SMILES string of the molecule is COC(=O)[C@@H]1CC[C@@H](c2ccc(F)cc2)N1CCCBr. The Bertz CT molecular complexity index is 452. The number of methoxy groups -OCH3 is 1. The van der Waals surface area contributed by atoms with Gasteiger partial charge in [0.25, 0.3) is 0 Å². The Morgan fingerprint density at radius 1 is 1.40 bits per heavy atom. The molecule has 0 aliphatic carbocycles. The quantitative estimate of drug-likeness (QED) is 0.606. The van der Waals surface area contributed by atoms with Gasteiger partial charge in [-0.2, -0.15) is 0 Å². The number of hydrogen-bond donors (Lipinski definition) is 0.